The number of halogens is 2. The highest BCUT2D eigenvalue weighted by atomic mass is 79.9. The molecule has 5 heteroatoms. The summed E-state index contributed by atoms with van der Waals surface area (Å²) in [6.07, 6.45) is 0. The molecule has 64 valence electrons. The fraction of sp³-hybridized carbons (Fsp3) is 0.143. The molecule has 0 saturated heterocycles. The number of carbonyl (C=O) groups is 2. The van der Waals surface area contributed by atoms with Crippen LogP contribution in [0.3, 0.4) is 0 Å². The lowest BCUT2D eigenvalue weighted by Crippen LogP contribution is -2.13. The summed E-state index contributed by atoms with van der Waals surface area (Å²) in [5, 5.41) is 0.0569. The van der Waals surface area contributed by atoms with Gasteiger partial charge in [0, 0.05) is 0 Å². The number of ketones is 2. The highest BCUT2D eigenvalue weighted by molar-refractivity contribution is 9.09. The number of carbonyl (C=O) groups excluding carboxylic acids is 2. The van der Waals surface area contributed by atoms with Gasteiger partial charge in [0.15, 0.2) is 0 Å². The molecule has 0 N–H and O–H groups in total. The molecule has 1 heterocycles. The van der Waals surface area contributed by atoms with Gasteiger partial charge in [-0.1, -0.05) is 27.5 Å². The first-order chi connectivity index (χ1) is 5.65. The van der Waals surface area contributed by atoms with Crippen molar-refractivity contribution in [2.24, 2.45) is 0 Å². The van der Waals surface area contributed by atoms with Crippen molar-refractivity contribution in [3.05, 3.63) is 21.3 Å². The molecule has 1 aromatic rings. The molecule has 0 amide bonds. The summed E-state index contributed by atoms with van der Waals surface area (Å²) in [6, 6.07) is 3.15. The van der Waals surface area contributed by atoms with E-state index in [1.807, 2.05) is 0 Å². The van der Waals surface area contributed by atoms with Gasteiger partial charge in [0.05, 0.1) is 14.5 Å². The van der Waals surface area contributed by atoms with Gasteiger partial charge < -0.3 is 0 Å². The molecule has 12 heavy (non-hydrogen) atoms. The van der Waals surface area contributed by atoms with E-state index in [-0.39, 0.29) is 5.33 Å². The summed E-state index contributed by atoms with van der Waals surface area (Å²) in [5.74, 6) is -0.933. The number of thiophene rings is 1. The van der Waals surface area contributed by atoms with Crippen molar-refractivity contribution in [3.63, 3.8) is 0 Å². The van der Waals surface area contributed by atoms with Crippen LogP contribution in [0.2, 0.25) is 4.34 Å². The first-order valence-corrected chi connectivity index (χ1v) is 5.35. The Bertz CT molecular complexity index is 321. The second-order valence-corrected chi connectivity index (χ2v) is 4.27. The predicted molar refractivity (Wildman–Crippen MR) is 52.5 cm³/mol. The minimum atomic E-state index is -0.483. The van der Waals surface area contributed by atoms with Crippen LogP contribution in [0, 0.1) is 0 Å². The van der Waals surface area contributed by atoms with Crippen LogP contribution in [0.1, 0.15) is 9.67 Å². The van der Waals surface area contributed by atoms with Gasteiger partial charge >= 0.3 is 0 Å². The van der Waals surface area contributed by atoms with E-state index >= 15 is 0 Å². The maximum atomic E-state index is 11.2. The van der Waals surface area contributed by atoms with Crippen LogP contribution < -0.4 is 0 Å². The molecule has 0 aliphatic rings. The van der Waals surface area contributed by atoms with Gasteiger partial charge in [-0.2, -0.15) is 0 Å². The van der Waals surface area contributed by atoms with Gasteiger partial charge in [-0.25, -0.2) is 0 Å². The van der Waals surface area contributed by atoms with Crippen LogP contribution in [0.5, 0.6) is 0 Å². The zero-order chi connectivity index (χ0) is 9.14. The molecule has 0 saturated carbocycles. The molecule has 1 rings (SSSR count). The van der Waals surface area contributed by atoms with Gasteiger partial charge in [-0.05, 0) is 12.1 Å². The van der Waals surface area contributed by atoms with Crippen molar-refractivity contribution < 1.29 is 9.59 Å². The van der Waals surface area contributed by atoms with E-state index in [0.29, 0.717) is 9.21 Å². The maximum Gasteiger partial charge on any atom is 0.239 e. The number of hydrogen-bond acceptors (Lipinski definition) is 3. The van der Waals surface area contributed by atoms with Crippen LogP contribution in [-0.4, -0.2) is 16.9 Å². The monoisotopic (exact) mass is 266 g/mol. The van der Waals surface area contributed by atoms with E-state index in [0.717, 1.165) is 11.3 Å². The molecular formula is C7H4BrClO2S. The summed E-state index contributed by atoms with van der Waals surface area (Å²) < 4.78 is 0.515. The highest BCUT2D eigenvalue weighted by Gasteiger charge is 2.16. The van der Waals surface area contributed by atoms with E-state index in [1.165, 1.54) is 0 Å². The molecule has 0 atom stereocenters. The fourth-order valence-corrected chi connectivity index (χ4v) is 1.89. The van der Waals surface area contributed by atoms with Gasteiger partial charge in [-0.15, -0.1) is 11.3 Å². The van der Waals surface area contributed by atoms with Crippen molar-refractivity contribution in [1.82, 2.24) is 0 Å². The van der Waals surface area contributed by atoms with E-state index in [9.17, 15) is 9.59 Å². The Hall–Kier alpha value is -0.190. The highest BCUT2D eigenvalue weighted by Crippen LogP contribution is 2.21. The van der Waals surface area contributed by atoms with Crippen LogP contribution in [0.4, 0.5) is 0 Å². The first-order valence-electron chi connectivity index (χ1n) is 3.04. The van der Waals surface area contributed by atoms with Gasteiger partial charge in [0.2, 0.25) is 11.6 Å². The Kier molecular flexibility index (Phi) is 3.43. The fourth-order valence-electron chi connectivity index (χ4n) is 0.634. The molecule has 0 spiro atoms. The second-order valence-electron chi connectivity index (χ2n) is 1.99. The van der Waals surface area contributed by atoms with E-state index in [4.69, 9.17) is 11.6 Å². The molecule has 0 unspecified atom stereocenters. The molecule has 0 aliphatic heterocycles. The Labute approximate surface area is 86.7 Å². The topological polar surface area (TPSA) is 34.1 Å². The smallest absolute Gasteiger partial charge is 0.239 e. The Balaban J connectivity index is 2.85. The lowest BCUT2D eigenvalue weighted by molar-refractivity contribution is -0.112. The lowest BCUT2D eigenvalue weighted by Gasteiger charge is -1.89. The van der Waals surface area contributed by atoms with E-state index in [2.05, 4.69) is 15.9 Å². The Morgan fingerprint density at radius 1 is 1.50 bits per heavy atom. The van der Waals surface area contributed by atoms with Crippen LogP contribution in [-0.2, 0) is 4.79 Å². The summed E-state index contributed by atoms with van der Waals surface area (Å²) in [7, 11) is 0. The molecule has 0 radical (unpaired) electrons. The normalized spacial score (nSPS) is 9.83. The predicted octanol–water partition coefficient (Wildman–Crippen LogP) is 2.55. The largest absolute Gasteiger partial charge is 0.289 e. The summed E-state index contributed by atoms with van der Waals surface area (Å²) in [5.41, 5.74) is 0. The van der Waals surface area contributed by atoms with Gasteiger partial charge in [-0.3, -0.25) is 9.59 Å². The Morgan fingerprint density at radius 3 is 2.58 bits per heavy atom. The van der Waals surface area contributed by atoms with Crippen molar-refractivity contribution in [2.75, 3.05) is 5.33 Å². The first kappa shape index (κ1) is 9.89. The molecule has 2 nitrogen and oxygen atoms in total. The van der Waals surface area contributed by atoms with Crippen molar-refractivity contribution in [3.8, 4) is 0 Å². The standard InChI is InChI=1S/C7H4BrClO2S/c8-3-4(10)7(11)5-1-2-6(9)12-5/h1-2H,3H2. The van der Waals surface area contributed by atoms with Crippen LogP contribution >= 0.6 is 38.9 Å². The Morgan fingerprint density at radius 2 is 2.17 bits per heavy atom. The summed E-state index contributed by atoms with van der Waals surface area (Å²) >= 11 is 9.63. The third-order valence-corrected chi connectivity index (χ3v) is 2.91. The SMILES string of the molecule is O=C(CBr)C(=O)c1ccc(Cl)s1. The van der Waals surface area contributed by atoms with Crippen molar-refractivity contribution in [2.45, 2.75) is 0 Å². The third kappa shape index (κ3) is 2.15. The van der Waals surface area contributed by atoms with Gasteiger partial charge in [0.25, 0.3) is 0 Å². The number of hydrogen-bond donors (Lipinski definition) is 0. The minimum absolute atomic E-state index is 0.0569. The van der Waals surface area contributed by atoms with Crippen molar-refractivity contribution in [1.29, 1.82) is 0 Å². The lowest BCUT2D eigenvalue weighted by atomic mass is 10.2. The molecule has 0 fully saturated rings. The maximum absolute atomic E-state index is 11.2. The number of Topliss-reactive ketones (excluding diaryl/α,β-unsaturated/α-hetero) is 2. The quantitative estimate of drug-likeness (QED) is 0.479. The zero-order valence-electron chi connectivity index (χ0n) is 5.84. The molecule has 0 bridgehead atoms. The molecule has 0 aromatic carbocycles. The van der Waals surface area contributed by atoms with Crippen LogP contribution in [0.15, 0.2) is 12.1 Å². The number of rotatable bonds is 3. The van der Waals surface area contributed by atoms with E-state index < -0.39 is 11.6 Å². The zero-order valence-corrected chi connectivity index (χ0v) is 9.00. The summed E-state index contributed by atoms with van der Waals surface area (Å²) in [4.78, 5) is 22.4. The van der Waals surface area contributed by atoms with Crippen LogP contribution in [0.25, 0.3) is 0 Å². The average Bonchev–Trinajstić information content (AvgIpc) is 2.49. The summed E-state index contributed by atoms with van der Waals surface area (Å²) in [6.45, 7) is 0. The minimum Gasteiger partial charge on any atom is -0.289 e. The average molecular weight is 268 g/mol. The van der Waals surface area contributed by atoms with Gasteiger partial charge in [0.1, 0.15) is 0 Å². The third-order valence-electron chi connectivity index (χ3n) is 1.17. The number of alkyl halides is 1. The molecular weight excluding hydrogens is 263 g/mol. The van der Waals surface area contributed by atoms with Crippen molar-refractivity contribution >= 4 is 50.4 Å². The second kappa shape index (κ2) is 4.16. The molecule has 0 aliphatic carbocycles. The van der Waals surface area contributed by atoms with E-state index in [1.54, 1.807) is 12.1 Å². The molecule has 1 aromatic heterocycles.